The van der Waals surface area contributed by atoms with E-state index in [4.69, 9.17) is 9.47 Å². The molecule has 2 aliphatic rings. The van der Waals surface area contributed by atoms with Crippen molar-refractivity contribution in [2.75, 3.05) is 25.0 Å². The molecule has 0 bridgehead atoms. The number of hydrogen-bond donors (Lipinski definition) is 1. The molecule has 0 radical (unpaired) electrons. The van der Waals surface area contributed by atoms with Crippen LogP contribution < -0.4 is 14.8 Å². The van der Waals surface area contributed by atoms with Crippen molar-refractivity contribution in [1.29, 1.82) is 0 Å². The first kappa shape index (κ1) is 21.9. The van der Waals surface area contributed by atoms with Crippen LogP contribution in [-0.2, 0) is 0 Å². The number of nitrogens with one attached hydrogen (secondary N) is 1. The maximum Gasteiger partial charge on any atom is 0.278 e. The van der Waals surface area contributed by atoms with Crippen molar-refractivity contribution < 1.29 is 14.3 Å². The molecule has 3 aromatic rings. The Bertz CT molecular complexity index is 1040. The van der Waals surface area contributed by atoms with Gasteiger partial charge in [0.2, 0.25) is 0 Å². The normalized spacial score (nSPS) is 20.6. The number of piperidine rings is 2. The number of fused-ring (bicyclic) bond motifs is 1. The van der Waals surface area contributed by atoms with Crippen LogP contribution in [0.3, 0.4) is 0 Å². The van der Waals surface area contributed by atoms with Crippen LogP contribution in [0.4, 0.5) is 5.69 Å². The topological polar surface area (TPSA) is 63.7 Å². The van der Waals surface area contributed by atoms with Gasteiger partial charge in [0.15, 0.2) is 0 Å². The van der Waals surface area contributed by atoms with E-state index < -0.39 is 0 Å². The van der Waals surface area contributed by atoms with E-state index >= 15 is 0 Å². The second-order valence-electron chi connectivity index (χ2n) is 8.72. The molecule has 0 unspecified atom stereocenters. The average molecular weight is 464 g/mol. The van der Waals surface area contributed by atoms with Crippen molar-refractivity contribution in [1.82, 2.24) is 9.88 Å². The van der Waals surface area contributed by atoms with Crippen LogP contribution in [0.1, 0.15) is 42.5 Å². The average Bonchev–Trinajstić information content (AvgIpc) is 3.37. The van der Waals surface area contributed by atoms with E-state index in [0.29, 0.717) is 28.5 Å². The number of hydrogen-bond acceptors (Lipinski definition) is 6. The molecule has 3 heterocycles. The summed E-state index contributed by atoms with van der Waals surface area (Å²) in [6, 6.07) is 15.4. The number of amides is 1. The number of carbonyl (C=O) groups excluding carboxylic acids is 1. The number of anilines is 1. The monoisotopic (exact) mass is 463 g/mol. The van der Waals surface area contributed by atoms with E-state index in [1.807, 2.05) is 29.6 Å². The lowest BCUT2D eigenvalue weighted by Crippen LogP contribution is -2.49. The summed E-state index contributed by atoms with van der Waals surface area (Å²) in [5, 5.41) is 5.37. The van der Waals surface area contributed by atoms with Gasteiger partial charge in [-0.3, -0.25) is 9.69 Å². The van der Waals surface area contributed by atoms with Crippen LogP contribution in [0.5, 0.6) is 16.7 Å². The Kier molecular flexibility index (Phi) is 6.88. The number of carbonyl (C=O) groups is 1. The van der Waals surface area contributed by atoms with Gasteiger partial charge in [-0.2, -0.15) is 0 Å². The molecule has 1 N–H and O–H groups in total. The van der Waals surface area contributed by atoms with Crippen LogP contribution in [0.15, 0.2) is 60.1 Å². The van der Waals surface area contributed by atoms with Gasteiger partial charge >= 0.3 is 0 Å². The molecule has 2 aliphatic heterocycles. The summed E-state index contributed by atoms with van der Waals surface area (Å²) in [7, 11) is 0. The van der Waals surface area contributed by atoms with Gasteiger partial charge in [0.25, 0.3) is 11.1 Å². The van der Waals surface area contributed by atoms with Crippen LogP contribution in [0, 0.1) is 5.92 Å². The lowest BCUT2D eigenvalue weighted by Gasteiger charge is -2.44. The first-order chi connectivity index (χ1) is 16.2. The number of thiazole rings is 1. The Balaban J connectivity index is 1.12. The Hall–Kier alpha value is -2.90. The molecule has 0 aliphatic carbocycles. The Morgan fingerprint density at radius 3 is 2.58 bits per heavy atom. The summed E-state index contributed by atoms with van der Waals surface area (Å²) in [4.78, 5) is 19.4. The molecule has 7 heteroatoms. The predicted octanol–water partition coefficient (Wildman–Crippen LogP) is 5.83. The largest absolute Gasteiger partial charge is 0.493 e. The molecular formula is C26H29N3O3S. The third-order valence-electron chi connectivity index (χ3n) is 6.54. The highest BCUT2D eigenvalue weighted by molar-refractivity contribution is 7.11. The lowest BCUT2D eigenvalue weighted by atomic mass is 9.84. The summed E-state index contributed by atoms with van der Waals surface area (Å²) < 4.78 is 11.8. The predicted molar refractivity (Wildman–Crippen MR) is 130 cm³/mol. The van der Waals surface area contributed by atoms with Gasteiger partial charge < -0.3 is 14.8 Å². The first-order valence-electron chi connectivity index (χ1n) is 11.7. The summed E-state index contributed by atoms with van der Waals surface area (Å²) in [6.45, 7) is 3.26. The Morgan fingerprint density at radius 1 is 1.00 bits per heavy atom. The van der Waals surface area contributed by atoms with E-state index in [-0.39, 0.29) is 5.91 Å². The fourth-order valence-corrected chi connectivity index (χ4v) is 5.35. The molecule has 33 heavy (non-hydrogen) atoms. The van der Waals surface area contributed by atoms with Crippen molar-refractivity contribution in [2.24, 2.45) is 5.92 Å². The van der Waals surface area contributed by atoms with Gasteiger partial charge in [0.05, 0.1) is 6.61 Å². The molecule has 1 amide bonds. The minimum atomic E-state index is -0.163. The van der Waals surface area contributed by atoms with E-state index in [1.165, 1.54) is 56.5 Å². The zero-order chi connectivity index (χ0) is 22.5. The third-order valence-corrected chi connectivity index (χ3v) is 7.18. The molecule has 2 fully saturated rings. The maximum atomic E-state index is 12.6. The molecule has 2 atom stereocenters. The summed E-state index contributed by atoms with van der Waals surface area (Å²) in [6.07, 6.45) is 8.20. The minimum absolute atomic E-state index is 0.163. The smallest absolute Gasteiger partial charge is 0.278 e. The van der Waals surface area contributed by atoms with Crippen LogP contribution in [0.25, 0.3) is 0 Å². The molecule has 0 spiro atoms. The quantitative estimate of drug-likeness (QED) is 0.478. The highest BCUT2D eigenvalue weighted by atomic mass is 32.1. The molecule has 5 rings (SSSR count). The van der Waals surface area contributed by atoms with Gasteiger partial charge in [-0.15, -0.1) is 0 Å². The molecule has 172 valence electrons. The second-order valence-corrected chi connectivity index (χ2v) is 9.57. The lowest BCUT2D eigenvalue weighted by molar-refractivity contribution is 0.0366. The fourth-order valence-electron chi connectivity index (χ4n) is 4.85. The highest BCUT2D eigenvalue weighted by Crippen LogP contribution is 2.31. The van der Waals surface area contributed by atoms with Gasteiger partial charge in [-0.1, -0.05) is 17.8 Å². The number of rotatable bonds is 7. The SMILES string of the molecule is O=C(Nc1ccc(OC[C@@H]2CCCN3CCCC[C@H]23)cc1)c1ccc(Oc2nccs2)cc1. The van der Waals surface area contributed by atoms with E-state index in [2.05, 4.69) is 15.2 Å². The third kappa shape index (κ3) is 5.54. The maximum absolute atomic E-state index is 12.6. The van der Waals surface area contributed by atoms with E-state index in [0.717, 1.165) is 18.0 Å². The summed E-state index contributed by atoms with van der Waals surface area (Å²) in [5.41, 5.74) is 1.31. The molecular weight excluding hydrogens is 434 g/mol. The molecule has 2 aromatic carbocycles. The zero-order valence-electron chi connectivity index (χ0n) is 18.6. The van der Waals surface area contributed by atoms with Gasteiger partial charge in [-0.05, 0) is 87.3 Å². The van der Waals surface area contributed by atoms with Crippen LogP contribution >= 0.6 is 11.3 Å². The second kappa shape index (κ2) is 10.4. The number of ether oxygens (including phenoxy) is 2. The van der Waals surface area contributed by atoms with Gasteiger partial charge in [0.1, 0.15) is 11.5 Å². The highest BCUT2D eigenvalue weighted by Gasteiger charge is 2.33. The molecule has 6 nitrogen and oxygen atoms in total. The van der Waals surface area contributed by atoms with Crippen molar-refractivity contribution in [3.8, 4) is 16.7 Å². The van der Waals surface area contributed by atoms with Crippen molar-refractivity contribution in [3.63, 3.8) is 0 Å². The Labute approximate surface area is 198 Å². The number of aromatic nitrogens is 1. The minimum Gasteiger partial charge on any atom is -0.493 e. The molecule has 2 saturated heterocycles. The zero-order valence-corrected chi connectivity index (χ0v) is 19.4. The number of benzene rings is 2. The van der Waals surface area contributed by atoms with Crippen molar-refractivity contribution in [2.45, 2.75) is 38.1 Å². The van der Waals surface area contributed by atoms with Crippen molar-refractivity contribution in [3.05, 3.63) is 65.7 Å². The van der Waals surface area contributed by atoms with Gasteiger partial charge in [0, 0.05) is 34.8 Å². The van der Waals surface area contributed by atoms with Crippen LogP contribution in [-0.4, -0.2) is 41.5 Å². The standard InChI is InChI=1S/C26H29N3O3S/c30-25(19-6-10-23(11-7-19)32-26-27-14-17-33-26)28-21-8-12-22(13-9-21)31-18-20-4-3-16-29-15-2-1-5-24(20)29/h6-14,17,20,24H,1-5,15-16,18H2,(H,28,30)/t20-,24+/m0/s1. The molecule has 1 aromatic heterocycles. The van der Waals surface area contributed by atoms with Crippen molar-refractivity contribution >= 4 is 22.9 Å². The van der Waals surface area contributed by atoms with E-state index in [1.54, 1.807) is 30.5 Å². The van der Waals surface area contributed by atoms with Gasteiger partial charge in [-0.25, -0.2) is 4.98 Å². The van der Waals surface area contributed by atoms with E-state index in [9.17, 15) is 4.79 Å². The summed E-state index contributed by atoms with van der Waals surface area (Å²) in [5.74, 6) is 1.95. The summed E-state index contributed by atoms with van der Waals surface area (Å²) >= 11 is 1.42. The fraction of sp³-hybridized carbons (Fsp3) is 0.385. The first-order valence-corrected chi connectivity index (χ1v) is 12.6. The number of nitrogens with zero attached hydrogens (tertiary/aromatic N) is 2. The van der Waals surface area contributed by atoms with Crippen LogP contribution in [0.2, 0.25) is 0 Å². The molecule has 0 saturated carbocycles. The Morgan fingerprint density at radius 2 is 1.79 bits per heavy atom.